The van der Waals surface area contributed by atoms with Crippen molar-refractivity contribution in [1.82, 2.24) is 10.1 Å². The van der Waals surface area contributed by atoms with Crippen molar-refractivity contribution >= 4 is 5.69 Å². The summed E-state index contributed by atoms with van der Waals surface area (Å²) in [7, 11) is 1.71. The molecule has 0 saturated heterocycles. The average Bonchev–Trinajstić information content (AvgIpc) is 2.84. The van der Waals surface area contributed by atoms with E-state index in [0.29, 0.717) is 17.6 Å². The van der Waals surface area contributed by atoms with Crippen molar-refractivity contribution in [3.8, 4) is 11.5 Å². The number of hydrogen-bond donors (Lipinski definition) is 1. The van der Waals surface area contributed by atoms with E-state index in [1.807, 2.05) is 31.2 Å². The van der Waals surface area contributed by atoms with Gasteiger partial charge in [0.1, 0.15) is 0 Å². The van der Waals surface area contributed by atoms with E-state index in [9.17, 15) is 0 Å². The van der Waals surface area contributed by atoms with Gasteiger partial charge >= 0.3 is 0 Å². The predicted octanol–water partition coefficient (Wildman–Crippen LogP) is 2.74. The zero-order chi connectivity index (χ0) is 13.7. The summed E-state index contributed by atoms with van der Waals surface area (Å²) >= 11 is 0. The van der Waals surface area contributed by atoms with Crippen LogP contribution in [0.4, 0.5) is 5.69 Å². The molecule has 1 aromatic carbocycles. The van der Waals surface area contributed by atoms with Gasteiger partial charge in [0.2, 0.25) is 0 Å². The van der Waals surface area contributed by atoms with Crippen molar-refractivity contribution < 1.29 is 9.26 Å². The van der Waals surface area contributed by atoms with E-state index in [1.54, 1.807) is 7.11 Å². The fourth-order valence-electron chi connectivity index (χ4n) is 1.86. The number of anilines is 1. The monoisotopic (exact) mass is 261 g/mol. The number of para-hydroxylation sites is 1. The van der Waals surface area contributed by atoms with E-state index in [0.717, 1.165) is 24.4 Å². The minimum Gasteiger partial charge on any atom is -0.384 e. The Bertz CT molecular complexity index is 525. The Balaban J connectivity index is 2.13. The third kappa shape index (κ3) is 3.54. The Labute approximate surface area is 113 Å². The molecule has 0 amide bonds. The first-order valence-electron chi connectivity index (χ1n) is 6.33. The molecule has 1 heterocycles. The van der Waals surface area contributed by atoms with Crippen molar-refractivity contribution in [2.24, 2.45) is 5.92 Å². The van der Waals surface area contributed by atoms with E-state index in [4.69, 9.17) is 9.26 Å². The van der Waals surface area contributed by atoms with Crippen LogP contribution in [0.2, 0.25) is 0 Å². The van der Waals surface area contributed by atoms with E-state index in [1.165, 1.54) is 0 Å². The summed E-state index contributed by atoms with van der Waals surface area (Å²) < 4.78 is 10.3. The molecular formula is C14H19N3O2. The largest absolute Gasteiger partial charge is 0.384 e. The first kappa shape index (κ1) is 13.5. The molecule has 0 saturated carbocycles. The van der Waals surface area contributed by atoms with Crippen LogP contribution in [0.5, 0.6) is 0 Å². The third-order valence-electron chi connectivity index (χ3n) is 2.78. The number of nitrogens with one attached hydrogen (secondary N) is 1. The molecular weight excluding hydrogens is 242 g/mol. The summed E-state index contributed by atoms with van der Waals surface area (Å²) in [4.78, 5) is 4.26. The van der Waals surface area contributed by atoms with Crippen molar-refractivity contribution in [3.05, 3.63) is 30.1 Å². The van der Waals surface area contributed by atoms with Gasteiger partial charge in [-0.05, 0) is 25.0 Å². The molecule has 5 nitrogen and oxygen atoms in total. The molecule has 0 fully saturated rings. The Hall–Kier alpha value is -1.88. The quantitative estimate of drug-likeness (QED) is 0.866. The molecule has 2 rings (SSSR count). The number of methoxy groups -OCH3 is 1. The summed E-state index contributed by atoms with van der Waals surface area (Å²) in [5.74, 6) is 1.61. The fourth-order valence-corrected chi connectivity index (χ4v) is 1.86. The molecule has 1 unspecified atom stereocenters. The number of nitrogens with zero attached hydrogens (tertiary/aromatic N) is 2. The zero-order valence-electron chi connectivity index (χ0n) is 11.5. The molecule has 2 aromatic rings. The van der Waals surface area contributed by atoms with Crippen molar-refractivity contribution in [2.45, 2.75) is 13.8 Å². The molecule has 0 aliphatic rings. The smallest absolute Gasteiger partial charge is 0.260 e. The molecule has 0 aliphatic heterocycles. The van der Waals surface area contributed by atoms with Gasteiger partial charge in [-0.2, -0.15) is 4.98 Å². The third-order valence-corrected chi connectivity index (χ3v) is 2.78. The van der Waals surface area contributed by atoms with Crippen molar-refractivity contribution in [2.75, 3.05) is 25.6 Å². The number of rotatable bonds is 6. The lowest BCUT2D eigenvalue weighted by molar-refractivity contribution is 0.164. The molecule has 0 radical (unpaired) electrons. The predicted molar refractivity (Wildman–Crippen MR) is 74.0 cm³/mol. The van der Waals surface area contributed by atoms with Gasteiger partial charge in [-0.3, -0.25) is 0 Å². The molecule has 5 heteroatoms. The van der Waals surface area contributed by atoms with Gasteiger partial charge in [-0.25, -0.2) is 0 Å². The highest BCUT2D eigenvalue weighted by molar-refractivity contribution is 5.72. The van der Waals surface area contributed by atoms with Crippen LogP contribution in [-0.4, -0.2) is 30.4 Å². The lowest BCUT2D eigenvalue weighted by atomic mass is 10.1. The summed E-state index contributed by atoms with van der Waals surface area (Å²) in [6, 6.07) is 7.92. The van der Waals surface area contributed by atoms with Crippen molar-refractivity contribution in [1.29, 1.82) is 0 Å². The Morgan fingerprint density at radius 1 is 1.37 bits per heavy atom. The maximum absolute atomic E-state index is 5.22. The highest BCUT2D eigenvalue weighted by Crippen LogP contribution is 2.26. The highest BCUT2D eigenvalue weighted by Gasteiger charge is 2.11. The van der Waals surface area contributed by atoms with Crippen LogP contribution in [0.1, 0.15) is 12.7 Å². The molecule has 102 valence electrons. The van der Waals surface area contributed by atoms with Gasteiger partial charge in [0.15, 0.2) is 5.82 Å². The number of aryl methyl sites for hydroxylation is 1. The molecule has 1 atom stereocenters. The molecule has 1 aromatic heterocycles. The number of ether oxygens (including phenoxy) is 1. The van der Waals surface area contributed by atoms with Gasteiger partial charge in [0.25, 0.3) is 5.89 Å². The topological polar surface area (TPSA) is 60.2 Å². The Kier molecular flexibility index (Phi) is 4.52. The van der Waals surface area contributed by atoms with E-state index >= 15 is 0 Å². The van der Waals surface area contributed by atoms with Crippen LogP contribution in [0.3, 0.4) is 0 Å². The number of hydrogen-bond acceptors (Lipinski definition) is 5. The lowest BCUT2D eigenvalue weighted by Gasteiger charge is -2.14. The van der Waals surface area contributed by atoms with Crippen LogP contribution >= 0.6 is 0 Å². The zero-order valence-corrected chi connectivity index (χ0v) is 11.5. The Morgan fingerprint density at radius 3 is 2.84 bits per heavy atom. The summed E-state index contributed by atoms with van der Waals surface area (Å²) in [5.41, 5.74) is 1.92. The van der Waals surface area contributed by atoms with Gasteiger partial charge in [0, 0.05) is 19.3 Å². The number of benzene rings is 1. The summed E-state index contributed by atoms with van der Waals surface area (Å²) in [6.45, 7) is 5.51. The summed E-state index contributed by atoms with van der Waals surface area (Å²) in [6.07, 6.45) is 0. The Morgan fingerprint density at radius 2 is 2.16 bits per heavy atom. The van der Waals surface area contributed by atoms with Crippen LogP contribution in [0.25, 0.3) is 11.5 Å². The average molecular weight is 261 g/mol. The van der Waals surface area contributed by atoms with Crippen LogP contribution in [0.15, 0.2) is 28.8 Å². The fraction of sp³-hybridized carbons (Fsp3) is 0.429. The van der Waals surface area contributed by atoms with Crippen LogP contribution in [0, 0.1) is 12.8 Å². The van der Waals surface area contributed by atoms with Gasteiger partial charge < -0.3 is 14.6 Å². The van der Waals surface area contributed by atoms with Crippen molar-refractivity contribution in [3.63, 3.8) is 0 Å². The maximum atomic E-state index is 5.22. The minimum atomic E-state index is 0.433. The molecule has 1 N–H and O–H groups in total. The second kappa shape index (κ2) is 6.33. The second-order valence-electron chi connectivity index (χ2n) is 4.63. The second-order valence-corrected chi connectivity index (χ2v) is 4.63. The first-order chi connectivity index (χ1) is 9.20. The molecule has 19 heavy (non-hydrogen) atoms. The molecule has 0 spiro atoms. The van der Waals surface area contributed by atoms with Gasteiger partial charge in [-0.15, -0.1) is 0 Å². The normalized spacial score (nSPS) is 12.4. The molecule has 0 aliphatic carbocycles. The minimum absolute atomic E-state index is 0.433. The van der Waals surface area contributed by atoms with Gasteiger partial charge in [0.05, 0.1) is 12.2 Å². The van der Waals surface area contributed by atoms with Gasteiger partial charge in [-0.1, -0.05) is 24.2 Å². The SMILES string of the molecule is COCC(C)CNc1ccccc1-c1nc(C)no1. The number of aromatic nitrogens is 2. The first-order valence-corrected chi connectivity index (χ1v) is 6.33. The lowest BCUT2D eigenvalue weighted by Crippen LogP contribution is -2.16. The van der Waals surface area contributed by atoms with Crippen LogP contribution in [-0.2, 0) is 4.74 Å². The van der Waals surface area contributed by atoms with E-state index < -0.39 is 0 Å². The van der Waals surface area contributed by atoms with Crippen LogP contribution < -0.4 is 5.32 Å². The summed E-state index contributed by atoms with van der Waals surface area (Å²) in [5, 5.41) is 7.22. The van der Waals surface area contributed by atoms with E-state index in [-0.39, 0.29) is 0 Å². The molecule has 0 bridgehead atoms. The maximum Gasteiger partial charge on any atom is 0.260 e. The highest BCUT2D eigenvalue weighted by atomic mass is 16.5. The standard InChI is InChI=1S/C14H19N3O2/c1-10(9-18-3)8-15-13-7-5-4-6-12(13)14-16-11(2)17-19-14/h4-7,10,15H,8-9H2,1-3H3. The van der Waals surface area contributed by atoms with E-state index in [2.05, 4.69) is 22.4 Å².